The minimum Gasteiger partial charge on any atom is -0.349 e. The molecule has 74 heavy (non-hydrogen) atoms. The van der Waals surface area contributed by atoms with E-state index in [9.17, 15) is 0 Å². The Bertz CT molecular complexity index is 3860. The molecule has 0 unspecified atom stereocenters. The van der Waals surface area contributed by atoms with E-state index in [1.807, 2.05) is 6.20 Å². The minimum atomic E-state index is 0.338. The molecule has 12 aromatic rings. The first-order valence-electron chi connectivity index (χ1n) is 25.6. The molecule has 0 fully saturated rings. The monoisotopic (exact) mass is 951 g/mol. The van der Waals surface area contributed by atoms with Gasteiger partial charge in [-0.1, -0.05) is 200 Å². The molecule has 0 saturated heterocycles. The minimum absolute atomic E-state index is 0.338. The summed E-state index contributed by atoms with van der Waals surface area (Å²) in [7, 11) is 0. The number of hydrogen-bond acceptors (Lipinski definition) is 4. The van der Waals surface area contributed by atoms with E-state index in [1.165, 1.54) is 44.6 Å². The molecule has 1 aliphatic heterocycles. The first-order chi connectivity index (χ1) is 36.6. The van der Waals surface area contributed by atoms with Gasteiger partial charge in [-0.2, -0.15) is 0 Å². The maximum Gasteiger partial charge on any atom is 0.138 e. The summed E-state index contributed by atoms with van der Waals surface area (Å²) in [6, 6.07) is 94.9. The van der Waals surface area contributed by atoms with Crippen molar-refractivity contribution in [2.24, 2.45) is 0 Å². The highest BCUT2D eigenvalue weighted by Crippen LogP contribution is 2.50. The van der Waals surface area contributed by atoms with E-state index >= 15 is 0 Å². The van der Waals surface area contributed by atoms with Crippen molar-refractivity contribution in [3.8, 4) is 61.5 Å². The fourth-order valence-corrected chi connectivity index (χ4v) is 11.2. The van der Waals surface area contributed by atoms with E-state index in [4.69, 9.17) is 4.98 Å². The molecule has 5 heteroatoms. The van der Waals surface area contributed by atoms with Crippen LogP contribution in [0, 0.1) is 0 Å². The van der Waals surface area contributed by atoms with Gasteiger partial charge in [0.05, 0.1) is 34.8 Å². The maximum atomic E-state index is 5.24. The van der Waals surface area contributed by atoms with E-state index in [0.717, 1.165) is 79.5 Å². The molecule has 354 valence electrons. The number of nitrogens with zero attached hydrogens (tertiary/aromatic N) is 5. The number of hydrogen-bond donors (Lipinski definition) is 0. The highest BCUT2D eigenvalue weighted by atomic mass is 15.4. The van der Waals surface area contributed by atoms with Gasteiger partial charge in [0.15, 0.2) is 0 Å². The predicted molar refractivity (Wildman–Crippen MR) is 312 cm³/mol. The van der Waals surface area contributed by atoms with Crippen molar-refractivity contribution in [3.05, 3.63) is 267 Å². The molecule has 13 rings (SSSR count). The van der Waals surface area contributed by atoms with E-state index in [2.05, 4.69) is 294 Å². The second-order valence-corrected chi connectivity index (χ2v) is 19.3. The van der Waals surface area contributed by atoms with Crippen LogP contribution >= 0.6 is 0 Å². The van der Waals surface area contributed by atoms with Gasteiger partial charge in [-0.15, -0.1) is 0 Å². The van der Waals surface area contributed by atoms with Gasteiger partial charge < -0.3 is 14.7 Å². The largest absolute Gasteiger partial charge is 0.349 e. The molecule has 0 bridgehead atoms. The van der Waals surface area contributed by atoms with Crippen molar-refractivity contribution in [1.82, 2.24) is 9.55 Å². The van der Waals surface area contributed by atoms with Gasteiger partial charge in [-0.05, 0) is 119 Å². The average molecular weight is 952 g/mol. The van der Waals surface area contributed by atoms with Crippen LogP contribution in [0.25, 0.3) is 83.3 Å². The third-order valence-corrected chi connectivity index (χ3v) is 14.6. The lowest BCUT2D eigenvalue weighted by molar-refractivity contribution is 0.709. The Hall–Kier alpha value is -9.45. The van der Waals surface area contributed by atoms with Crippen molar-refractivity contribution in [3.63, 3.8) is 0 Å². The second-order valence-electron chi connectivity index (χ2n) is 19.3. The van der Waals surface area contributed by atoms with Crippen LogP contribution in [0.3, 0.4) is 0 Å². The normalized spacial score (nSPS) is 12.2. The molecule has 0 N–H and O–H groups in total. The molecule has 10 aromatic carbocycles. The Morgan fingerprint density at radius 1 is 0.405 bits per heavy atom. The number of pyridine rings is 1. The van der Waals surface area contributed by atoms with Crippen molar-refractivity contribution in [2.45, 2.75) is 19.9 Å². The van der Waals surface area contributed by atoms with E-state index < -0.39 is 0 Å². The predicted octanol–water partition coefficient (Wildman–Crippen LogP) is 18.3. The first kappa shape index (κ1) is 44.5. The number of aromatic nitrogens is 2. The van der Waals surface area contributed by atoms with E-state index in [-0.39, 0.29) is 0 Å². The molecule has 2 aromatic heterocycles. The topological polar surface area (TPSA) is 27.5 Å². The zero-order valence-electron chi connectivity index (χ0n) is 41.4. The molecular weight excluding hydrogens is 899 g/mol. The van der Waals surface area contributed by atoms with Crippen LogP contribution < -0.4 is 14.7 Å². The Morgan fingerprint density at radius 2 is 0.919 bits per heavy atom. The second kappa shape index (κ2) is 18.9. The summed E-state index contributed by atoms with van der Waals surface area (Å²) in [5.74, 6) is 0.846. The van der Waals surface area contributed by atoms with E-state index in [0.29, 0.717) is 6.04 Å². The molecule has 1 aliphatic rings. The van der Waals surface area contributed by atoms with Crippen LogP contribution in [0.1, 0.15) is 13.8 Å². The SMILES string of the molecule is CC(C)N1CN(c2cccc(N(c3ccc4c5ccccc5n(-c5cc(-c6c(-c7ccccc7)cccc6-c6ccccc6)ccn5)c4c3)c3c(-c4ccccc4)cccc3-c3ccccc3)c2)c2ccccc21. The summed E-state index contributed by atoms with van der Waals surface area (Å²) in [5, 5.41) is 2.32. The van der Waals surface area contributed by atoms with Crippen LogP contribution in [0.4, 0.5) is 34.1 Å². The van der Waals surface area contributed by atoms with Gasteiger partial charge in [0.1, 0.15) is 5.82 Å². The molecule has 0 spiro atoms. The summed E-state index contributed by atoms with van der Waals surface area (Å²) in [6.45, 7) is 5.31. The fourth-order valence-electron chi connectivity index (χ4n) is 11.2. The van der Waals surface area contributed by atoms with Gasteiger partial charge in [0, 0.05) is 51.2 Å². The van der Waals surface area contributed by atoms with Crippen molar-refractivity contribution in [2.75, 3.05) is 21.4 Å². The molecule has 0 atom stereocenters. The van der Waals surface area contributed by atoms with Crippen molar-refractivity contribution < 1.29 is 0 Å². The quantitative estimate of drug-likeness (QED) is 0.129. The standard InChI is InChI=1S/C69H53N5/c1-48(2)71-47-72(65-39-18-17-38-64(65)71)54-30-19-31-55(45-54)73(69-59(51-26-11-5-12-27-51)35-21-36-60(69)52-28-13-6-14-29-52)56-40-41-62-61-32-15-16-37-63(61)74(66(62)46-56)67-44-53(42-43-70-67)68-57(49-22-7-3-8-23-49)33-20-34-58(68)50-24-9-4-10-25-50/h3-46,48H,47H2,1-2H3. The molecule has 0 amide bonds. The molecule has 3 heterocycles. The van der Waals surface area contributed by atoms with Gasteiger partial charge in [0.2, 0.25) is 0 Å². The lowest BCUT2D eigenvalue weighted by atomic mass is 9.88. The zero-order chi connectivity index (χ0) is 49.5. The number of fused-ring (bicyclic) bond motifs is 4. The fraction of sp³-hybridized carbons (Fsp3) is 0.0580. The molecule has 5 nitrogen and oxygen atoms in total. The van der Waals surface area contributed by atoms with Crippen LogP contribution in [-0.4, -0.2) is 22.3 Å². The lowest BCUT2D eigenvalue weighted by Gasteiger charge is -2.32. The average Bonchev–Trinajstić information content (AvgIpc) is 4.04. The Morgan fingerprint density at radius 3 is 1.54 bits per heavy atom. The van der Waals surface area contributed by atoms with Crippen LogP contribution in [0.2, 0.25) is 0 Å². The third-order valence-electron chi connectivity index (χ3n) is 14.6. The maximum absolute atomic E-state index is 5.24. The summed E-state index contributed by atoms with van der Waals surface area (Å²) in [5.41, 5.74) is 20.4. The van der Waals surface area contributed by atoms with Crippen LogP contribution in [0.5, 0.6) is 0 Å². The number of para-hydroxylation sites is 4. The molecule has 0 aliphatic carbocycles. The van der Waals surface area contributed by atoms with Gasteiger partial charge >= 0.3 is 0 Å². The van der Waals surface area contributed by atoms with Crippen molar-refractivity contribution >= 4 is 55.9 Å². The highest BCUT2D eigenvalue weighted by Gasteiger charge is 2.30. The number of benzene rings is 10. The van der Waals surface area contributed by atoms with E-state index in [1.54, 1.807) is 0 Å². The Kier molecular flexibility index (Phi) is 11.4. The lowest BCUT2D eigenvalue weighted by Crippen LogP contribution is -2.33. The molecule has 0 radical (unpaired) electrons. The third kappa shape index (κ3) is 7.87. The highest BCUT2D eigenvalue weighted by molar-refractivity contribution is 6.11. The van der Waals surface area contributed by atoms with Crippen LogP contribution in [-0.2, 0) is 0 Å². The van der Waals surface area contributed by atoms with Crippen LogP contribution in [0.15, 0.2) is 267 Å². The number of anilines is 6. The Labute approximate surface area is 433 Å². The molecular formula is C69H53N5. The summed E-state index contributed by atoms with van der Waals surface area (Å²) in [4.78, 5) is 12.7. The molecule has 0 saturated carbocycles. The van der Waals surface area contributed by atoms with Gasteiger partial charge in [-0.3, -0.25) is 4.57 Å². The van der Waals surface area contributed by atoms with Gasteiger partial charge in [-0.25, -0.2) is 4.98 Å². The zero-order valence-corrected chi connectivity index (χ0v) is 41.4. The Balaban J connectivity index is 1.05. The first-order valence-corrected chi connectivity index (χ1v) is 25.6. The summed E-state index contributed by atoms with van der Waals surface area (Å²) >= 11 is 0. The smallest absolute Gasteiger partial charge is 0.138 e. The summed E-state index contributed by atoms with van der Waals surface area (Å²) < 4.78 is 2.36. The van der Waals surface area contributed by atoms with Gasteiger partial charge in [0.25, 0.3) is 0 Å². The summed E-state index contributed by atoms with van der Waals surface area (Å²) in [6.07, 6.45) is 1.97. The number of rotatable bonds is 11. The van der Waals surface area contributed by atoms with Crippen molar-refractivity contribution in [1.29, 1.82) is 0 Å².